The number of hydrogen-bond donors (Lipinski definition) is 1. The number of alkyl halides is 3. The summed E-state index contributed by atoms with van der Waals surface area (Å²) >= 11 is 0. The van der Waals surface area contributed by atoms with E-state index in [1.54, 1.807) is 6.92 Å². The van der Waals surface area contributed by atoms with Gasteiger partial charge in [-0.15, -0.1) is 0 Å². The number of hydrogen-bond acceptors (Lipinski definition) is 3. The molecule has 0 aliphatic rings. The molecule has 0 atom stereocenters. The fraction of sp³-hybridized carbons (Fsp3) is 0.231. The molecule has 0 aliphatic heterocycles. The van der Waals surface area contributed by atoms with Crippen molar-refractivity contribution < 1.29 is 22.7 Å². The van der Waals surface area contributed by atoms with Gasteiger partial charge < -0.3 is 5.11 Å². The first kappa shape index (κ1) is 14.4. The summed E-state index contributed by atoms with van der Waals surface area (Å²) in [5.41, 5.74) is -0.856. The smallest absolute Gasteiger partial charge is 0.390 e. The number of aliphatic hydroxyl groups is 1. The minimum Gasteiger partial charge on any atom is -0.390 e. The summed E-state index contributed by atoms with van der Waals surface area (Å²) in [4.78, 5) is 7.75. The number of aryl methyl sites for hydroxylation is 1. The first-order chi connectivity index (χ1) is 9.31. The molecule has 0 saturated carbocycles. The first-order valence-electron chi connectivity index (χ1n) is 5.64. The van der Waals surface area contributed by atoms with E-state index in [9.17, 15) is 17.6 Å². The van der Waals surface area contributed by atoms with Crippen molar-refractivity contribution in [2.45, 2.75) is 19.7 Å². The summed E-state index contributed by atoms with van der Waals surface area (Å²) in [5, 5.41) is 9.03. The molecular formula is C13H10F4N2O. The lowest BCUT2D eigenvalue weighted by Crippen LogP contribution is -2.09. The maximum Gasteiger partial charge on any atom is 0.417 e. The van der Waals surface area contributed by atoms with Crippen molar-refractivity contribution in [3.05, 3.63) is 47.0 Å². The Morgan fingerprint density at radius 3 is 2.45 bits per heavy atom. The Bertz CT molecular complexity index is 641. The Labute approximate surface area is 111 Å². The van der Waals surface area contributed by atoms with Crippen molar-refractivity contribution in [2.24, 2.45) is 0 Å². The Kier molecular flexibility index (Phi) is 3.71. The second-order valence-electron chi connectivity index (χ2n) is 4.17. The predicted molar refractivity (Wildman–Crippen MR) is 63.1 cm³/mol. The second-order valence-corrected chi connectivity index (χ2v) is 4.17. The van der Waals surface area contributed by atoms with Gasteiger partial charge in [-0.1, -0.05) is 0 Å². The third kappa shape index (κ3) is 2.93. The van der Waals surface area contributed by atoms with Crippen LogP contribution >= 0.6 is 0 Å². The van der Waals surface area contributed by atoms with Crippen LogP contribution in [0.2, 0.25) is 0 Å². The van der Waals surface area contributed by atoms with Crippen molar-refractivity contribution in [1.29, 1.82) is 0 Å². The summed E-state index contributed by atoms with van der Waals surface area (Å²) in [6.45, 7) is 1.15. The summed E-state index contributed by atoms with van der Waals surface area (Å²) in [6.07, 6.45) is -4.72. The van der Waals surface area contributed by atoms with Gasteiger partial charge in [0.1, 0.15) is 5.82 Å². The monoisotopic (exact) mass is 286 g/mol. The second kappa shape index (κ2) is 5.16. The molecule has 0 radical (unpaired) electrons. The lowest BCUT2D eigenvalue weighted by Gasteiger charge is -2.13. The highest BCUT2D eigenvalue weighted by molar-refractivity contribution is 5.61. The Morgan fingerprint density at radius 2 is 1.85 bits per heavy atom. The molecular weight excluding hydrogens is 276 g/mol. The molecule has 3 nitrogen and oxygen atoms in total. The third-order valence-corrected chi connectivity index (χ3v) is 2.60. The van der Waals surface area contributed by atoms with Gasteiger partial charge in [-0.25, -0.2) is 14.4 Å². The molecule has 20 heavy (non-hydrogen) atoms. The van der Waals surface area contributed by atoms with Gasteiger partial charge in [0.2, 0.25) is 0 Å². The number of benzene rings is 1. The minimum absolute atomic E-state index is 0.193. The molecule has 2 rings (SSSR count). The van der Waals surface area contributed by atoms with Gasteiger partial charge >= 0.3 is 6.18 Å². The van der Waals surface area contributed by atoms with Crippen molar-refractivity contribution in [3.8, 4) is 11.4 Å². The van der Waals surface area contributed by atoms with E-state index in [1.165, 1.54) is 6.07 Å². The summed E-state index contributed by atoms with van der Waals surface area (Å²) in [6, 6.07) is 3.75. The summed E-state index contributed by atoms with van der Waals surface area (Å²) in [5.74, 6) is -1.18. The van der Waals surface area contributed by atoms with Crippen molar-refractivity contribution in [2.75, 3.05) is 0 Å². The van der Waals surface area contributed by atoms with E-state index in [1.807, 2.05) is 0 Å². The minimum atomic E-state index is -4.72. The molecule has 0 aliphatic carbocycles. The van der Waals surface area contributed by atoms with E-state index in [0.29, 0.717) is 11.8 Å². The zero-order chi connectivity index (χ0) is 14.9. The predicted octanol–water partition coefficient (Wildman–Crippen LogP) is 3.10. The van der Waals surface area contributed by atoms with Gasteiger partial charge in [-0.2, -0.15) is 13.2 Å². The largest absolute Gasteiger partial charge is 0.417 e. The van der Waals surface area contributed by atoms with Crippen molar-refractivity contribution in [3.63, 3.8) is 0 Å². The van der Waals surface area contributed by atoms with Gasteiger partial charge in [-0.05, 0) is 31.2 Å². The summed E-state index contributed by atoms with van der Waals surface area (Å²) < 4.78 is 51.8. The van der Waals surface area contributed by atoms with E-state index >= 15 is 0 Å². The van der Waals surface area contributed by atoms with Crippen LogP contribution in [-0.2, 0) is 12.8 Å². The molecule has 1 aromatic carbocycles. The summed E-state index contributed by atoms with van der Waals surface area (Å²) in [7, 11) is 0. The van der Waals surface area contributed by atoms with Crippen LogP contribution in [0, 0.1) is 12.7 Å². The van der Waals surface area contributed by atoms with Gasteiger partial charge in [0, 0.05) is 11.3 Å². The molecule has 2 aromatic rings. The Hall–Kier alpha value is -2.02. The van der Waals surface area contributed by atoms with Crippen LogP contribution < -0.4 is 0 Å². The maximum absolute atomic E-state index is 13.0. The fourth-order valence-corrected chi connectivity index (χ4v) is 1.78. The molecule has 106 valence electrons. The number of halogens is 4. The molecule has 0 spiro atoms. The van der Waals surface area contributed by atoms with E-state index < -0.39 is 24.2 Å². The molecule has 1 N–H and O–H groups in total. The molecule has 0 fully saturated rings. The van der Waals surface area contributed by atoms with Gasteiger partial charge in [0.15, 0.2) is 5.82 Å². The number of rotatable bonds is 2. The van der Waals surface area contributed by atoms with Gasteiger partial charge in [0.05, 0.1) is 17.9 Å². The van der Waals surface area contributed by atoms with Crippen molar-refractivity contribution in [1.82, 2.24) is 9.97 Å². The number of nitrogens with zero attached hydrogens (tertiary/aromatic N) is 2. The van der Waals surface area contributed by atoms with Crippen LogP contribution in [0.1, 0.15) is 17.0 Å². The van der Waals surface area contributed by atoms with E-state index in [-0.39, 0.29) is 17.1 Å². The van der Waals surface area contributed by atoms with Crippen LogP contribution in [-0.4, -0.2) is 15.1 Å². The van der Waals surface area contributed by atoms with Crippen LogP contribution in [0.15, 0.2) is 24.3 Å². The van der Waals surface area contributed by atoms with Crippen LogP contribution in [0.5, 0.6) is 0 Å². The molecule has 1 heterocycles. The molecule has 0 bridgehead atoms. The molecule has 1 aromatic heterocycles. The van der Waals surface area contributed by atoms with Crippen LogP contribution in [0.25, 0.3) is 11.4 Å². The first-order valence-corrected chi connectivity index (χ1v) is 5.64. The van der Waals surface area contributed by atoms with E-state index in [2.05, 4.69) is 9.97 Å². The Morgan fingerprint density at radius 1 is 1.15 bits per heavy atom. The highest BCUT2D eigenvalue weighted by Crippen LogP contribution is 2.36. The topological polar surface area (TPSA) is 46.0 Å². The zero-order valence-corrected chi connectivity index (χ0v) is 10.4. The normalized spacial score (nSPS) is 11.7. The fourth-order valence-electron chi connectivity index (χ4n) is 1.78. The zero-order valence-electron chi connectivity index (χ0n) is 10.4. The number of aromatic nitrogens is 2. The van der Waals surface area contributed by atoms with E-state index in [0.717, 1.165) is 12.1 Å². The standard InChI is InChI=1S/C13H10F4N2O/c1-7-4-9(6-20)19-12(18-7)10-3-2-8(14)5-11(10)13(15,16)17/h2-5,20H,6H2,1H3. The lowest BCUT2D eigenvalue weighted by atomic mass is 10.1. The average Bonchev–Trinajstić information content (AvgIpc) is 2.36. The van der Waals surface area contributed by atoms with Crippen LogP contribution in [0.4, 0.5) is 17.6 Å². The molecule has 7 heteroatoms. The number of aliphatic hydroxyl groups excluding tert-OH is 1. The average molecular weight is 286 g/mol. The SMILES string of the molecule is Cc1cc(CO)nc(-c2ccc(F)cc2C(F)(F)F)n1. The van der Waals surface area contributed by atoms with Crippen molar-refractivity contribution >= 4 is 0 Å². The molecule has 0 unspecified atom stereocenters. The lowest BCUT2D eigenvalue weighted by molar-refractivity contribution is -0.137. The van der Waals surface area contributed by atoms with E-state index in [4.69, 9.17) is 5.11 Å². The Balaban J connectivity index is 2.66. The van der Waals surface area contributed by atoms with Gasteiger partial charge in [0.25, 0.3) is 0 Å². The molecule has 0 saturated heterocycles. The third-order valence-electron chi connectivity index (χ3n) is 2.60. The maximum atomic E-state index is 13.0. The molecule has 0 amide bonds. The quantitative estimate of drug-likeness (QED) is 0.863. The highest BCUT2D eigenvalue weighted by atomic mass is 19.4. The van der Waals surface area contributed by atoms with Crippen LogP contribution in [0.3, 0.4) is 0 Å². The highest BCUT2D eigenvalue weighted by Gasteiger charge is 2.35. The van der Waals surface area contributed by atoms with Gasteiger partial charge in [-0.3, -0.25) is 0 Å².